The molecule has 0 saturated carbocycles. The fraction of sp³-hybridized carbons (Fsp3) is 0.357. The second-order valence-electron chi connectivity index (χ2n) is 4.71. The van der Waals surface area contributed by atoms with Crippen molar-refractivity contribution in [3.63, 3.8) is 0 Å². The van der Waals surface area contributed by atoms with Crippen molar-refractivity contribution in [3.8, 4) is 0 Å². The molecule has 5 heteroatoms. The van der Waals surface area contributed by atoms with Gasteiger partial charge in [0.1, 0.15) is 11.5 Å². The lowest BCUT2D eigenvalue weighted by Gasteiger charge is -2.10. The maximum Gasteiger partial charge on any atom is 0.267 e. The summed E-state index contributed by atoms with van der Waals surface area (Å²) in [5.41, 5.74) is 0.949. The summed E-state index contributed by atoms with van der Waals surface area (Å²) in [6.07, 6.45) is 0.640. The van der Waals surface area contributed by atoms with Crippen molar-refractivity contribution >= 4 is 16.8 Å². The van der Waals surface area contributed by atoms with E-state index in [2.05, 4.69) is 10.3 Å². The molecule has 102 valence electrons. The average Bonchev–Trinajstić information content (AvgIpc) is 2.82. The SMILES string of the molecule is CC(CCO)CNC(=O)c1cc2c(F)cccc2[nH]1. The molecule has 0 aliphatic heterocycles. The van der Waals surface area contributed by atoms with E-state index in [0.717, 1.165) is 0 Å². The van der Waals surface area contributed by atoms with Gasteiger partial charge in [-0.15, -0.1) is 0 Å². The summed E-state index contributed by atoms with van der Waals surface area (Å²) in [6.45, 7) is 2.53. The predicted molar refractivity (Wildman–Crippen MR) is 71.5 cm³/mol. The van der Waals surface area contributed by atoms with Crippen molar-refractivity contribution in [2.45, 2.75) is 13.3 Å². The minimum atomic E-state index is -0.346. The van der Waals surface area contributed by atoms with Crippen LogP contribution in [-0.2, 0) is 0 Å². The van der Waals surface area contributed by atoms with Gasteiger partial charge in [-0.2, -0.15) is 0 Å². The Morgan fingerprint density at radius 2 is 2.32 bits per heavy atom. The summed E-state index contributed by atoms with van der Waals surface area (Å²) in [6, 6.07) is 6.20. The molecule has 1 aromatic carbocycles. The second kappa shape index (κ2) is 5.84. The molecule has 0 bridgehead atoms. The van der Waals surface area contributed by atoms with E-state index >= 15 is 0 Å². The van der Waals surface area contributed by atoms with Crippen molar-refractivity contribution < 1.29 is 14.3 Å². The molecule has 1 unspecified atom stereocenters. The van der Waals surface area contributed by atoms with Gasteiger partial charge >= 0.3 is 0 Å². The zero-order valence-corrected chi connectivity index (χ0v) is 10.7. The van der Waals surface area contributed by atoms with Gasteiger partial charge in [0.25, 0.3) is 5.91 Å². The quantitative estimate of drug-likeness (QED) is 0.774. The number of aliphatic hydroxyl groups is 1. The van der Waals surface area contributed by atoms with Gasteiger partial charge in [-0.1, -0.05) is 13.0 Å². The van der Waals surface area contributed by atoms with Gasteiger partial charge < -0.3 is 15.4 Å². The van der Waals surface area contributed by atoms with Crippen molar-refractivity contribution in [1.82, 2.24) is 10.3 Å². The largest absolute Gasteiger partial charge is 0.396 e. The monoisotopic (exact) mass is 264 g/mol. The van der Waals surface area contributed by atoms with Gasteiger partial charge in [0.2, 0.25) is 0 Å². The maximum absolute atomic E-state index is 13.5. The molecule has 0 saturated heterocycles. The summed E-state index contributed by atoms with van der Waals surface area (Å²) >= 11 is 0. The van der Waals surface area contributed by atoms with Crippen LogP contribution in [0.2, 0.25) is 0 Å². The first-order valence-corrected chi connectivity index (χ1v) is 6.28. The Kier molecular flexibility index (Phi) is 4.16. The third-order valence-electron chi connectivity index (χ3n) is 3.09. The Labute approximate surface area is 110 Å². The maximum atomic E-state index is 13.5. The molecule has 2 aromatic rings. The predicted octanol–water partition coefficient (Wildman–Crippen LogP) is 2.06. The summed E-state index contributed by atoms with van der Waals surface area (Å²) in [4.78, 5) is 14.8. The number of amides is 1. The molecule has 1 heterocycles. The van der Waals surface area contributed by atoms with E-state index in [-0.39, 0.29) is 24.2 Å². The van der Waals surface area contributed by atoms with E-state index < -0.39 is 0 Å². The molecule has 4 nitrogen and oxygen atoms in total. The standard InChI is InChI=1S/C14H17FN2O2/c1-9(5-6-18)8-16-14(19)13-7-10-11(15)3-2-4-12(10)17-13/h2-4,7,9,17-18H,5-6,8H2,1H3,(H,16,19). The smallest absolute Gasteiger partial charge is 0.267 e. The number of hydrogen-bond donors (Lipinski definition) is 3. The van der Waals surface area contributed by atoms with Crippen LogP contribution in [0.4, 0.5) is 4.39 Å². The van der Waals surface area contributed by atoms with Gasteiger partial charge in [-0.3, -0.25) is 4.79 Å². The molecule has 0 fully saturated rings. The number of hydrogen-bond acceptors (Lipinski definition) is 2. The van der Waals surface area contributed by atoms with Crippen molar-refractivity contribution in [1.29, 1.82) is 0 Å². The molecule has 3 N–H and O–H groups in total. The van der Waals surface area contributed by atoms with Crippen molar-refractivity contribution in [2.24, 2.45) is 5.92 Å². The van der Waals surface area contributed by atoms with Crippen LogP contribution in [0.3, 0.4) is 0 Å². The van der Waals surface area contributed by atoms with E-state index in [9.17, 15) is 9.18 Å². The summed E-state index contributed by atoms with van der Waals surface area (Å²) in [5.74, 6) is -0.406. The Morgan fingerprint density at radius 3 is 3.00 bits per heavy atom. The molecule has 1 amide bonds. The highest BCUT2D eigenvalue weighted by atomic mass is 19.1. The van der Waals surface area contributed by atoms with Gasteiger partial charge in [-0.25, -0.2) is 4.39 Å². The average molecular weight is 264 g/mol. The highest BCUT2D eigenvalue weighted by Gasteiger charge is 2.12. The molecule has 19 heavy (non-hydrogen) atoms. The minimum Gasteiger partial charge on any atom is -0.396 e. The lowest BCUT2D eigenvalue weighted by Crippen LogP contribution is -2.28. The number of carbonyl (C=O) groups is 1. The van der Waals surface area contributed by atoms with Crippen LogP contribution in [0.15, 0.2) is 24.3 Å². The first-order chi connectivity index (χ1) is 9.11. The molecule has 0 radical (unpaired) electrons. The van der Waals surface area contributed by atoms with E-state index in [0.29, 0.717) is 29.6 Å². The van der Waals surface area contributed by atoms with E-state index in [1.54, 1.807) is 12.1 Å². The number of rotatable bonds is 5. The summed E-state index contributed by atoms with van der Waals surface area (Å²) < 4.78 is 13.5. The lowest BCUT2D eigenvalue weighted by molar-refractivity contribution is 0.0941. The van der Waals surface area contributed by atoms with E-state index in [1.807, 2.05) is 6.92 Å². The third-order valence-corrected chi connectivity index (χ3v) is 3.09. The van der Waals surface area contributed by atoms with Crippen LogP contribution >= 0.6 is 0 Å². The molecule has 1 atom stereocenters. The number of benzene rings is 1. The van der Waals surface area contributed by atoms with Crippen molar-refractivity contribution in [3.05, 3.63) is 35.8 Å². The first kappa shape index (κ1) is 13.5. The second-order valence-corrected chi connectivity index (χ2v) is 4.71. The van der Waals surface area contributed by atoms with Crippen LogP contribution in [0, 0.1) is 11.7 Å². The number of H-pyrrole nitrogens is 1. The van der Waals surface area contributed by atoms with Gasteiger partial charge in [-0.05, 0) is 30.5 Å². The van der Waals surface area contributed by atoms with Gasteiger partial charge in [0, 0.05) is 24.1 Å². The molecular formula is C14H17FN2O2. The van der Waals surface area contributed by atoms with E-state index in [4.69, 9.17) is 5.11 Å². The van der Waals surface area contributed by atoms with Crippen LogP contribution < -0.4 is 5.32 Å². The van der Waals surface area contributed by atoms with Crippen LogP contribution in [0.5, 0.6) is 0 Å². The number of halogens is 1. The minimum absolute atomic E-state index is 0.106. The highest BCUT2D eigenvalue weighted by Crippen LogP contribution is 2.18. The Morgan fingerprint density at radius 1 is 1.53 bits per heavy atom. The highest BCUT2D eigenvalue weighted by molar-refractivity contribution is 5.98. The number of aromatic amines is 1. The van der Waals surface area contributed by atoms with Crippen LogP contribution in [0.25, 0.3) is 10.9 Å². The van der Waals surface area contributed by atoms with Crippen molar-refractivity contribution in [2.75, 3.05) is 13.2 Å². The summed E-state index contributed by atoms with van der Waals surface area (Å²) in [7, 11) is 0. The molecule has 0 aliphatic carbocycles. The number of aliphatic hydroxyl groups excluding tert-OH is 1. The van der Waals surface area contributed by atoms with Crippen LogP contribution in [0.1, 0.15) is 23.8 Å². The number of carbonyl (C=O) groups excluding carboxylic acids is 1. The Bertz CT molecular complexity index is 580. The Balaban J connectivity index is 2.07. The normalized spacial score (nSPS) is 12.6. The van der Waals surface area contributed by atoms with E-state index in [1.165, 1.54) is 12.1 Å². The third kappa shape index (κ3) is 3.12. The number of nitrogens with one attached hydrogen (secondary N) is 2. The van der Waals surface area contributed by atoms with Gasteiger partial charge in [0.05, 0.1) is 0 Å². The summed E-state index contributed by atoms with van der Waals surface area (Å²) in [5, 5.41) is 12.0. The molecular weight excluding hydrogens is 247 g/mol. The molecule has 2 rings (SSSR count). The zero-order valence-electron chi connectivity index (χ0n) is 10.7. The fourth-order valence-corrected chi connectivity index (χ4v) is 1.93. The number of fused-ring (bicyclic) bond motifs is 1. The lowest BCUT2D eigenvalue weighted by atomic mass is 10.1. The molecule has 0 spiro atoms. The number of aromatic nitrogens is 1. The zero-order chi connectivity index (χ0) is 13.8. The fourth-order valence-electron chi connectivity index (χ4n) is 1.93. The topological polar surface area (TPSA) is 65.1 Å². The van der Waals surface area contributed by atoms with Gasteiger partial charge in [0.15, 0.2) is 0 Å². The van der Waals surface area contributed by atoms with Crippen LogP contribution in [-0.4, -0.2) is 29.1 Å². The molecule has 1 aromatic heterocycles. The molecule has 0 aliphatic rings. The first-order valence-electron chi connectivity index (χ1n) is 6.28. The Hall–Kier alpha value is -1.88.